The van der Waals surface area contributed by atoms with E-state index in [1.54, 1.807) is 78.9 Å². The van der Waals surface area contributed by atoms with Crippen molar-refractivity contribution >= 4 is 29.8 Å². The van der Waals surface area contributed by atoms with E-state index in [0.29, 0.717) is 16.7 Å². The summed E-state index contributed by atoms with van der Waals surface area (Å²) in [6.07, 6.45) is -33.2. The second-order valence-electron chi connectivity index (χ2n) is 28.3. The lowest BCUT2D eigenvalue weighted by Gasteiger charge is -2.51. The molecule has 0 spiro atoms. The van der Waals surface area contributed by atoms with Gasteiger partial charge >= 0.3 is 29.8 Å². The molecule has 25 atom stereocenters. The Kier molecular flexibility index (Phi) is 34.1. The molecule has 5 saturated heterocycles. The van der Waals surface area contributed by atoms with E-state index >= 15 is 9.59 Å². The van der Waals surface area contributed by atoms with Crippen LogP contribution < -0.4 is 0 Å². The molecule has 30 nitrogen and oxygen atoms in total. The van der Waals surface area contributed by atoms with Crippen LogP contribution in [0.1, 0.15) is 61.1 Å². The average molecular weight is 1620 g/mol. The molecule has 0 amide bonds. The number of hydrogen-bond acceptors (Lipinski definition) is 30. The highest BCUT2D eigenvalue weighted by molar-refractivity contribution is 5.76. The fraction of sp³-hybridized carbons (Fsp3) is 0.523. The molecular formula is C86H106O30. The van der Waals surface area contributed by atoms with E-state index in [1.165, 1.54) is 63.6 Å². The molecule has 0 bridgehead atoms. The van der Waals surface area contributed by atoms with Crippen LogP contribution in [0.15, 0.2) is 182 Å². The molecule has 30 heteroatoms. The van der Waals surface area contributed by atoms with Gasteiger partial charge in [0.1, 0.15) is 118 Å². The van der Waals surface area contributed by atoms with Crippen LogP contribution in [0.2, 0.25) is 0 Å². The molecule has 0 N–H and O–H groups in total. The normalized spacial score (nSPS) is 31.3. The molecule has 6 aromatic rings. The monoisotopic (exact) mass is 1620 g/mol. The van der Waals surface area contributed by atoms with Gasteiger partial charge in [-0.3, -0.25) is 14.4 Å². The van der Waals surface area contributed by atoms with Crippen LogP contribution in [-0.4, -0.2) is 247 Å². The summed E-state index contributed by atoms with van der Waals surface area (Å²) < 4.78 is 163. The van der Waals surface area contributed by atoms with Gasteiger partial charge in [-0.2, -0.15) is 0 Å². The van der Waals surface area contributed by atoms with E-state index in [0.717, 1.165) is 23.6 Å². The van der Waals surface area contributed by atoms with Crippen molar-refractivity contribution in [1.82, 2.24) is 0 Å². The number of rotatable bonds is 39. The molecule has 11 rings (SSSR count). The first-order valence-corrected chi connectivity index (χ1v) is 38.5. The smallest absolute Gasteiger partial charge is 0.338 e. The maximum absolute atomic E-state index is 15.6. The van der Waals surface area contributed by atoms with Gasteiger partial charge in [0.2, 0.25) is 0 Å². The zero-order valence-corrected chi connectivity index (χ0v) is 66.9. The highest BCUT2D eigenvalue weighted by atomic mass is 16.8. The summed E-state index contributed by atoms with van der Waals surface area (Å²) in [5, 5.41) is 0. The van der Waals surface area contributed by atoms with Crippen molar-refractivity contribution in [2.75, 3.05) is 69.6 Å². The van der Waals surface area contributed by atoms with Crippen LogP contribution in [0.3, 0.4) is 0 Å². The molecule has 5 aliphatic rings. The Hall–Kier alpha value is -8.13. The SMILES string of the molecule is COC1C(OC)[C@H](O[C@H]2O[C@H](COC(C)=O)[C@@H](O[C@@H]3OC(C(=O)OCc4ccccc4)[C@H](O[C@@H]4OC(COC(C)=O)[C@H](C)[C@H](OC)C4OC)[C@H](OC)C3OC)C(OC(C)=O)C2OCc2ccccc2)[C@H](C(=O)OCc2ccccc2)O[C@@H]1O[C@H]1C(COCc2ccccc2)O[C@@H](OC)C(OCc2ccccc2)[C@H]1OCc1ccccc1. The molecule has 6 aromatic carbocycles. The summed E-state index contributed by atoms with van der Waals surface area (Å²) in [5.41, 5.74) is 4.40. The molecule has 0 aromatic heterocycles. The van der Waals surface area contributed by atoms with Crippen molar-refractivity contribution in [1.29, 1.82) is 0 Å². The van der Waals surface area contributed by atoms with Crippen molar-refractivity contribution in [3.63, 3.8) is 0 Å². The van der Waals surface area contributed by atoms with Crippen LogP contribution in [0, 0.1) is 5.92 Å². The third kappa shape index (κ3) is 23.4. The number of benzene rings is 6. The molecular weight excluding hydrogens is 1510 g/mol. The largest absolute Gasteiger partial charge is 0.463 e. The Morgan fingerprint density at radius 1 is 0.276 bits per heavy atom. The summed E-state index contributed by atoms with van der Waals surface area (Å²) in [4.78, 5) is 70.3. The first kappa shape index (κ1) is 88.7. The molecule has 10 unspecified atom stereocenters. The van der Waals surface area contributed by atoms with Crippen LogP contribution in [0.5, 0.6) is 0 Å². The number of carbonyl (C=O) groups is 5. The standard InChI is InChI=1S/C86H106O30/c1-51-61(49-100-52(2)87)108-83(75(95-8)64(51)92-5)113-71-67(93-6)77(97-10)85(116-73(71)80(90)105-46-59-38-26-16-27-39-59)112-66-63(50-101-53(3)88)110-86(79(70(66)107-54(4)89)104-45-58-36-24-15-25-37-58)114-72-68(94-7)76(96-9)84(115-74(72)81(91)106-47-60-40-28-17-29-41-60)111-65-62(48-99-42-55-30-18-12-19-31-55)109-82(98-11)78(103-44-57-34-22-14-23-35-57)69(65)102-43-56-32-20-13-21-33-56/h12-41,51,61-79,82-86H,42-50H2,1-11H3/t51-,61?,62?,63+,64-,65-,66+,67-,68?,69-,70?,71+,72-,73?,74+,75?,76?,77?,78?,79?,82+,83-,84-,85+,86+/m0/s1. The maximum Gasteiger partial charge on any atom is 0.338 e. The minimum Gasteiger partial charge on any atom is -0.463 e. The van der Waals surface area contributed by atoms with Crippen molar-refractivity contribution in [2.45, 2.75) is 215 Å². The van der Waals surface area contributed by atoms with Gasteiger partial charge in [-0.25, -0.2) is 9.59 Å². The topological polar surface area (TPSA) is 316 Å². The Labute approximate surface area is 675 Å². The van der Waals surface area contributed by atoms with Crippen LogP contribution >= 0.6 is 0 Å². The lowest BCUT2D eigenvalue weighted by Crippen LogP contribution is -2.69. The van der Waals surface area contributed by atoms with Crippen molar-refractivity contribution in [3.05, 3.63) is 215 Å². The Bertz CT molecular complexity index is 3920. The number of ether oxygens (including phenoxy) is 25. The molecule has 0 saturated carbocycles. The van der Waals surface area contributed by atoms with Gasteiger partial charge in [0.15, 0.2) is 49.8 Å². The minimum absolute atomic E-state index is 0.0560. The van der Waals surface area contributed by atoms with E-state index in [4.69, 9.17) is 118 Å². The first-order chi connectivity index (χ1) is 56.4. The van der Waals surface area contributed by atoms with Gasteiger partial charge in [-0.15, -0.1) is 0 Å². The number of carbonyl (C=O) groups excluding carboxylic acids is 5. The first-order valence-electron chi connectivity index (χ1n) is 38.5. The molecule has 0 aliphatic carbocycles. The predicted octanol–water partition coefficient (Wildman–Crippen LogP) is 8.04. The Balaban J connectivity index is 0.975. The van der Waals surface area contributed by atoms with E-state index in [9.17, 15) is 14.4 Å². The number of methoxy groups -OCH3 is 7. The zero-order chi connectivity index (χ0) is 82.0. The summed E-state index contributed by atoms with van der Waals surface area (Å²) in [7, 11) is 9.86. The Morgan fingerprint density at radius 2 is 0.586 bits per heavy atom. The summed E-state index contributed by atoms with van der Waals surface area (Å²) >= 11 is 0. The second-order valence-corrected chi connectivity index (χ2v) is 28.3. The summed E-state index contributed by atoms with van der Waals surface area (Å²) in [6.45, 7) is 4.10. The fourth-order valence-corrected chi connectivity index (χ4v) is 14.8. The molecule has 5 aliphatic heterocycles. The molecule has 116 heavy (non-hydrogen) atoms. The van der Waals surface area contributed by atoms with E-state index in [1.807, 2.05) is 110 Å². The molecule has 0 radical (unpaired) electrons. The third-order valence-corrected chi connectivity index (χ3v) is 20.6. The Morgan fingerprint density at radius 3 is 0.974 bits per heavy atom. The summed E-state index contributed by atoms with van der Waals surface area (Å²) in [6, 6.07) is 55.4. The lowest BCUT2D eigenvalue weighted by atomic mass is 9.90. The molecule has 5 heterocycles. The average Bonchev–Trinajstić information content (AvgIpc) is 0.753. The quantitative estimate of drug-likeness (QED) is 0.0260. The minimum atomic E-state index is -1.84. The van der Waals surface area contributed by atoms with E-state index in [2.05, 4.69) is 0 Å². The van der Waals surface area contributed by atoms with Crippen LogP contribution in [-0.2, 0) is 182 Å². The van der Waals surface area contributed by atoms with E-state index in [-0.39, 0.29) is 52.9 Å². The number of hydrogen-bond donors (Lipinski definition) is 0. The van der Waals surface area contributed by atoms with Crippen molar-refractivity contribution < 1.29 is 142 Å². The van der Waals surface area contributed by atoms with E-state index < -0.39 is 190 Å². The predicted molar refractivity (Wildman–Crippen MR) is 406 cm³/mol. The van der Waals surface area contributed by atoms with Gasteiger partial charge in [0, 0.05) is 76.5 Å². The number of esters is 5. The van der Waals surface area contributed by atoms with Gasteiger partial charge in [0.25, 0.3) is 0 Å². The molecule has 5 fully saturated rings. The third-order valence-electron chi connectivity index (χ3n) is 20.6. The highest BCUT2D eigenvalue weighted by Crippen LogP contribution is 2.42. The second kappa shape index (κ2) is 44.6. The fourth-order valence-electron chi connectivity index (χ4n) is 14.8. The van der Waals surface area contributed by atoms with Crippen molar-refractivity contribution in [3.8, 4) is 0 Å². The lowest BCUT2D eigenvalue weighted by molar-refractivity contribution is -0.395. The van der Waals surface area contributed by atoms with Crippen LogP contribution in [0.4, 0.5) is 0 Å². The van der Waals surface area contributed by atoms with Crippen molar-refractivity contribution in [2.24, 2.45) is 5.92 Å². The maximum atomic E-state index is 15.6. The summed E-state index contributed by atoms with van der Waals surface area (Å²) in [5.74, 6) is -4.58. The van der Waals surface area contributed by atoms with Crippen LogP contribution in [0.25, 0.3) is 0 Å². The molecule has 630 valence electrons. The highest BCUT2D eigenvalue weighted by Gasteiger charge is 2.62. The van der Waals surface area contributed by atoms with Gasteiger partial charge in [-0.05, 0) is 33.4 Å². The zero-order valence-electron chi connectivity index (χ0n) is 66.9. The van der Waals surface area contributed by atoms with Gasteiger partial charge in [-0.1, -0.05) is 189 Å². The van der Waals surface area contributed by atoms with Gasteiger partial charge in [0.05, 0.1) is 39.1 Å². The van der Waals surface area contributed by atoms with Gasteiger partial charge < -0.3 is 118 Å².